The molecule has 1 aliphatic heterocycles. The molecule has 1 atom stereocenters. The number of fused-ring (bicyclic) bond motifs is 1. The van der Waals surface area contributed by atoms with Crippen LogP contribution < -0.4 is 35.3 Å². The van der Waals surface area contributed by atoms with Crippen LogP contribution in [0, 0.1) is 0 Å². The van der Waals surface area contributed by atoms with E-state index in [2.05, 4.69) is 10.6 Å². The van der Waals surface area contributed by atoms with E-state index in [1.165, 1.54) is 6.08 Å². The van der Waals surface area contributed by atoms with E-state index < -0.39 is 0 Å². The number of carbonyl (C=O) groups is 1. The van der Waals surface area contributed by atoms with Crippen LogP contribution in [0.25, 0.3) is 6.08 Å². The Balaban J connectivity index is 1.43. The van der Waals surface area contributed by atoms with E-state index >= 15 is 0 Å². The summed E-state index contributed by atoms with van der Waals surface area (Å²) in [4.78, 5) is 12.2. The summed E-state index contributed by atoms with van der Waals surface area (Å²) < 4.78 is 22.3. The van der Waals surface area contributed by atoms with E-state index in [0.717, 1.165) is 16.8 Å². The second kappa shape index (κ2) is 10.1. The zero-order valence-corrected chi connectivity index (χ0v) is 19.3. The first-order valence-electron chi connectivity index (χ1n) is 10.8. The van der Waals surface area contributed by atoms with Crippen LogP contribution in [-0.4, -0.2) is 26.4 Å². The topological polar surface area (TPSA) is 104 Å². The van der Waals surface area contributed by atoms with Crippen LogP contribution in [0.4, 0.5) is 17.1 Å². The van der Waals surface area contributed by atoms with E-state index in [0.29, 0.717) is 40.9 Å². The molecule has 0 fully saturated rings. The molecule has 0 aromatic heterocycles. The smallest absolute Gasteiger partial charge is 0.248 e. The van der Waals surface area contributed by atoms with Crippen LogP contribution in [-0.2, 0) is 11.3 Å². The Hall–Kier alpha value is -4.33. The van der Waals surface area contributed by atoms with Crippen molar-refractivity contribution >= 4 is 29.0 Å². The third-order valence-corrected chi connectivity index (χ3v) is 5.26. The van der Waals surface area contributed by atoms with Gasteiger partial charge in [-0.3, -0.25) is 4.79 Å². The van der Waals surface area contributed by atoms with Gasteiger partial charge in [-0.2, -0.15) is 0 Å². The van der Waals surface area contributed by atoms with Gasteiger partial charge >= 0.3 is 0 Å². The molecule has 0 bridgehead atoms. The molecule has 4 rings (SSSR count). The maximum absolute atomic E-state index is 12.2. The van der Waals surface area contributed by atoms with Gasteiger partial charge in [-0.05, 0) is 29.8 Å². The van der Waals surface area contributed by atoms with Crippen molar-refractivity contribution in [2.24, 2.45) is 0 Å². The zero-order valence-electron chi connectivity index (χ0n) is 19.3. The molecule has 1 unspecified atom stereocenters. The van der Waals surface area contributed by atoms with E-state index in [-0.39, 0.29) is 12.2 Å². The fourth-order valence-corrected chi connectivity index (χ4v) is 3.57. The highest BCUT2D eigenvalue weighted by Crippen LogP contribution is 2.45. The number of ether oxygens (including phenoxy) is 4. The lowest BCUT2D eigenvalue weighted by Crippen LogP contribution is -2.11. The molecule has 1 heterocycles. The predicted molar refractivity (Wildman–Crippen MR) is 133 cm³/mol. The normalized spacial score (nSPS) is 14.1. The average Bonchev–Trinajstić information content (AvgIpc) is 3.22. The minimum atomic E-state index is -0.355. The minimum Gasteiger partial charge on any atom is -0.496 e. The summed E-state index contributed by atoms with van der Waals surface area (Å²) in [7, 11) is 3.21. The Kier molecular flexibility index (Phi) is 6.77. The number of anilines is 3. The monoisotopic (exact) mass is 461 g/mol. The Morgan fingerprint density at radius 1 is 1.06 bits per heavy atom. The van der Waals surface area contributed by atoms with Crippen molar-refractivity contribution in [2.45, 2.75) is 19.8 Å². The number of benzene rings is 3. The highest BCUT2D eigenvalue weighted by Gasteiger charge is 2.25. The van der Waals surface area contributed by atoms with Crippen LogP contribution in [0.1, 0.15) is 18.1 Å². The molecular weight excluding hydrogens is 434 g/mol. The summed E-state index contributed by atoms with van der Waals surface area (Å²) in [5, 5.41) is 6.13. The first-order valence-corrected chi connectivity index (χ1v) is 10.8. The summed E-state index contributed by atoms with van der Waals surface area (Å²) in [6.07, 6.45) is 2.82. The van der Waals surface area contributed by atoms with Gasteiger partial charge in [0.15, 0.2) is 11.5 Å². The molecule has 34 heavy (non-hydrogen) atoms. The van der Waals surface area contributed by atoms with Crippen molar-refractivity contribution in [3.63, 3.8) is 0 Å². The lowest BCUT2D eigenvalue weighted by Gasteiger charge is -2.13. The lowest BCUT2D eigenvalue weighted by molar-refractivity contribution is -0.111. The third kappa shape index (κ3) is 5.17. The number of amides is 1. The molecule has 0 radical (unpaired) electrons. The largest absolute Gasteiger partial charge is 0.496 e. The number of hydrogen-bond acceptors (Lipinski definition) is 7. The standard InChI is InChI=1S/C26H27N3O5/c1-16-33-24-14-19(13-23(32-3)26(24)34-16)28-15-18-10-8-17(12-22(18)31-2)9-11-25(30)29-21-7-5-4-6-20(21)27/h4-14,16,28H,15,27H2,1-3H3,(H,29,30)/b11-9+. The van der Waals surface area contributed by atoms with Gasteiger partial charge in [0.25, 0.3) is 0 Å². The molecule has 4 N–H and O–H groups in total. The van der Waals surface area contributed by atoms with Gasteiger partial charge in [0.1, 0.15) is 5.75 Å². The molecule has 176 valence electrons. The Bertz CT molecular complexity index is 1230. The van der Waals surface area contributed by atoms with Crippen LogP contribution in [0.15, 0.2) is 60.7 Å². The van der Waals surface area contributed by atoms with Crippen LogP contribution in [0.3, 0.4) is 0 Å². The number of para-hydroxylation sites is 2. The number of nitrogens with two attached hydrogens (primary N) is 1. The Labute approximate surface area is 198 Å². The van der Waals surface area contributed by atoms with E-state index in [4.69, 9.17) is 24.7 Å². The Morgan fingerprint density at radius 3 is 2.62 bits per heavy atom. The molecule has 1 amide bonds. The predicted octanol–water partition coefficient (Wildman–Crippen LogP) is 4.67. The van der Waals surface area contributed by atoms with Gasteiger partial charge in [-0.15, -0.1) is 0 Å². The Morgan fingerprint density at radius 2 is 1.85 bits per heavy atom. The number of methoxy groups -OCH3 is 2. The number of rotatable bonds is 8. The molecule has 0 spiro atoms. The van der Waals surface area contributed by atoms with Crippen molar-refractivity contribution in [1.82, 2.24) is 0 Å². The first kappa shape index (κ1) is 22.8. The van der Waals surface area contributed by atoms with E-state index in [9.17, 15) is 4.79 Å². The van der Waals surface area contributed by atoms with Crippen molar-refractivity contribution in [1.29, 1.82) is 0 Å². The number of nitrogen functional groups attached to an aromatic ring is 1. The second-order valence-corrected chi connectivity index (χ2v) is 7.64. The molecule has 3 aromatic rings. The summed E-state index contributed by atoms with van der Waals surface area (Å²) >= 11 is 0. The molecule has 8 nitrogen and oxygen atoms in total. The van der Waals surface area contributed by atoms with Gasteiger partial charge in [-0.1, -0.05) is 24.3 Å². The highest BCUT2D eigenvalue weighted by atomic mass is 16.7. The number of carbonyl (C=O) groups excluding carboxylic acids is 1. The minimum absolute atomic E-state index is 0.270. The summed E-state index contributed by atoms with van der Waals surface area (Å²) in [5.41, 5.74) is 9.56. The molecule has 0 saturated carbocycles. The van der Waals surface area contributed by atoms with Crippen molar-refractivity contribution in [3.8, 4) is 23.0 Å². The average molecular weight is 462 g/mol. The van der Waals surface area contributed by atoms with Gasteiger partial charge in [-0.25, -0.2) is 0 Å². The van der Waals surface area contributed by atoms with Crippen molar-refractivity contribution < 1.29 is 23.7 Å². The molecule has 3 aromatic carbocycles. The van der Waals surface area contributed by atoms with Crippen LogP contribution in [0.2, 0.25) is 0 Å². The molecular formula is C26H27N3O5. The lowest BCUT2D eigenvalue weighted by atomic mass is 10.1. The molecule has 0 saturated heterocycles. The van der Waals surface area contributed by atoms with Gasteiger partial charge in [0.2, 0.25) is 17.9 Å². The molecule has 1 aliphatic rings. The zero-order chi connectivity index (χ0) is 24.1. The van der Waals surface area contributed by atoms with E-state index in [1.54, 1.807) is 32.4 Å². The van der Waals surface area contributed by atoms with Gasteiger partial charge in [0, 0.05) is 42.9 Å². The third-order valence-electron chi connectivity index (χ3n) is 5.26. The van der Waals surface area contributed by atoms with E-state index in [1.807, 2.05) is 49.4 Å². The maximum Gasteiger partial charge on any atom is 0.248 e. The van der Waals surface area contributed by atoms with Crippen LogP contribution >= 0.6 is 0 Å². The summed E-state index contributed by atoms with van der Waals surface area (Å²) in [6.45, 7) is 2.34. The van der Waals surface area contributed by atoms with Gasteiger partial charge < -0.3 is 35.3 Å². The second-order valence-electron chi connectivity index (χ2n) is 7.64. The quantitative estimate of drug-likeness (QED) is 0.331. The number of hydrogen-bond donors (Lipinski definition) is 3. The molecule has 0 aliphatic carbocycles. The number of nitrogens with one attached hydrogen (secondary N) is 2. The van der Waals surface area contributed by atoms with Crippen molar-refractivity contribution in [2.75, 3.05) is 30.6 Å². The van der Waals surface area contributed by atoms with Crippen LogP contribution in [0.5, 0.6) is 23.0 Å². The van der Waals surface area contributed by atoms with Gasteiger partial charge in [0.05, 0.1) is 25.6 Å². The maximum atomic E-state index is 12.2. The fourth-order valence-electron chi connectivity index (χ4n) is 3.57. The summed E-state index contributed by atoms with van der Waals surface area (Å²) in [5.74, 6) is 2.27. The highest BCUT2D eigenvalue weighted by molar-refractivity contribution is 6.03. The SMILES string of the molecule is COc1cc(/C=C/C(=O)Nc2ccccc2N)ccc1CNc1cc(OC)c2c(c1)OC(C)O2. The fraction of sp³-hybridized carbons (Fsp3) is 0.192. The van der Waals surface area contributed by atoms with Crippen molar-refractivity contribution in [3.05, 3.63) is 71.8 Å². The molecule has 8 heteroatoms. The first-order chi connectivity index (χ1) is 16.5. The summed E-state index contributed by atoms with van der Waals surface area (Å²) in [6, 6.07) is 16.6.